The van der Waals surface area contributed by atoms with Crippen molar-refractivity contribution in [3.8, 4) is 0 Å². The van der Waals surface area contributed by atoms with Crippen molar-refractivity contribution in [1.29, 1.82) is 0 Å². The lowest BCUT2D eigenvalue weighted by Crippen LogP contribution is -2.51. The van der Waals surface area contributed by atoms with E-state index in [1.165, 1.54) is 5.69 Å². The fourth-order valence-corrected chi connectivity index (χ4v) is 2.78. The number of hydrogen-bond donors (Lipinski definition) is 2. The van der Waals surface area contributed by atoms with E-state index in [1.807, 2.05) is 26.8 Å². The monoisotopic (exact) mass is 289 g/mol. The van der Waals surface area contributed by atoms with Gasteiger partial charge >= 0.3 is 0 Å². The SMILES string of the molecule is CC(C)NC(=O)C(C)NC1CCN(c2ccccc2)CC1. The van der Waals surface area contributed by atoms with Gasteiger partial charge in [-0.1, -0.05) is 18.2 Å². The van der Waals surface area contributed by atoms with Gasteiger partial charge in [-0.3, -0.25) is 4.79 Å². The van der Waals surface area contributed by atoms with E-state index >= 15 is 0 Å². The first-order valence-electron chi connectivity index (χ1n) is 7.92. The van der Waals surface area contributed by atoms with Gasteiger partial charge in [-0.05, 0) is 45.7 Å². The third kappa shape index (κ3) is 4.74. The quantitative estimate of drug-likeness (QED) is 0.873. The average Bonchev–Trinajstić information content (AvgIpc) is 2.48. The van der Waals surface area contributed by atoms with Gasteiger partial charge in [0.1, 0.15) is 0 Å². The van der Waals surface area contributed by atoms with Gasteiger partial charge in [0, 0.05) is 30.9 Å². The first kappa shape index (κ1) is 15.8. The second-order valence-corrected chi connectivity index (χ2v) is 6.15. The number of hydrogen-bond acceptors (Lipinski definition) is 3. The molecule has 0 aromatic heterocycles. The van der Waals surface area contributed by atoms with Gasteiger partial charge < -0.3 is 15.5 Å². The molecule has 0 aliphatic carbocycles. The first-order valence-corrected chi connectivity index (χ1v) is 7.92. The number of carbonyl (C=O) groups is 1. The van der Waals surface area contributed by atoms with Gasteiger partial charge in [0.05, 0.1) is 6.04 Å². The molecule has 0 spiro atoms. The summed E-state index contributed by atoms with van der Waals surface area (Å²) in [5.74, 6) is 0.0930. The minimum Gasteiger partial charge on any atom is -0.371 e. The van der Waals surface area contributed by atoms with Gasteiger partial charge in [0.25, 0.3) is 0 Å². The van der Waals surface area contributed by atoms with Gasteiger partial charge in [0.15, 0.2) is 0 Å². The van der Waals surface area contributed by atoms with Crippen molar-refractivity contribution in [3.05, 3.63) is 30.3 Å². The van der Waals surface area contributed by atoms with Crippen molar-refractivity contribution >= 4 is 11.6 Å². The molecule has 1 heterocycles. The van der Waals surface area contributed by atoms with Crippen LogP contribution in [0.3, 0.4) is 0 Å². The summed E-state index contributed by atoms with van der Waals surface area (Å²) in [4.78, 5) is 14.3. The molecular formula is C17H27N3O. The maximum absolute atomic E-state index is 11.9. The molecule has 1 unspecified atom stereocenters. The van der Waals surface area contributed by atoms with E-state index in [2.05, 4.69) is 39.8 Å². The van der Waals surface area contributed by atoms with Crippen molar-refractivity contribution in [1.82, 2.24) is 10.6 Å². The van der Waals surface area contributed by atoms with E-state index in [1.54, 1.807) is 0 Å². The van der Waals surface area contributed by atoms with Crippen LogP contribution >= 0.6 is 0 Å². The van der Waals surface area contributed by atoms with E-state index in [0.29, 0.717) is 6.04 Å². The number of benzene rings is 1. The Hall–Kier alpha value is -1.55. The summed E-state index contributed by atoms with van der Waals surface area (Å²) >= 11 is 0. The van der Waals surface area contributed by atoms with Crippen LogP contribution in [0, 0.1) is 0 Å². The minimum absolute atomic E-state index is 0.0930. The van der Waals surface area contributed by atoms with E-state index < -0.39 is 0 Å². The summed E-state index contributed by atoms with van der Waals surface area (Å²) in [5, 5.41) is 6.41. The highest BCUT2D eigenvalue weighted by atomic mass is 16.2. The predicted molar refractivity (Wildman–Crippen MR) is 87.6 cm³/mol. The van der Waals surface area contributed by atoms with Crippen molar-refractivity contribution in [2.75, 3.05) is 18.0 Å². The third-order valence-electron chi connectivity index (χ3n) is 3.93. The molecule has 1 aliphatic rings. The molecule has 1 saturated heterocycles. The van der Waals surface area contributed by atoms with Crippen molar-refractivity contribution in [2.24, 2.45) is 0 Å². The molecular weight excluding hydrogens is 262 g/mol. The number of piperidine rings is 1. The normalized spacial score (nSPS) is 17.8. The van der Waals surface area contributed by atoms with Gasteiger partial charge in [-0.25, -0.2) is 0 Å². The predicted octanol–water partition coefficient (Wildman–Crippen LogP) is 2.16. The van der Waals surface area contributed by atoms with Crippen LogP contribution < -0.4 is 15.5 Å². The zero-order chi connectivity index (χ0) is 15.2. The number of para-hydroxylation sites is 1. The van der Waals surface area contributed by atoms with E-state index in [0.717, 1.165) is 25.9 Å². The number of anilines is 1. The molecule has 1 fully saturated rings. The molecule has 4 nitrogen and oxygen atoms in total. The first-order chi connectivity index (χ1) is 10.1. The van der Waals surface area contributed by atoms with E-state index in [4.69, 9.17) is 0 Å². The highest BCUT2D eigenvalue weighted by Crippen LogP contribution is 2.19. The zero-order valence-electron chi connectivity index (χ0n) is 13.3. The van der Waals surface area contributed by atoms with Crippen molar-refractivity contribution < 1.29 is 4.79 Å². The fraction of sp³-hybridized carbons (Fsp3) is 0.588. The van der Waals surface area contributed by atoms with Crippen molar-refractivity contribution in [3.63, 3.8) is 0 Å². The molecule has 2 rings (SSSR count). The number of rotatable bonds is 5. The lowest BCUT2D eigenvalue weighted by Gasteiger charge is -2.35. The van der Waals surface area contributed by atoms with Crippen molar-refractivity contribution in [2.45, 2.75) is 51.7 Å². The van der Waals surface area contributed by atoms with Crippen LogP contribution in [0.25, 0.3) is 0 Å². The molecule has 1 aromatic carbocycles. The molecule has 116 valence electrons. The lowest BCUT2D eigenvalue weighted by molar-refractivity contribution is -0.123. The Morgan fingerprint density at radius 1 is 1.14 bits per heavy atom. The lowest BCUT2D eigenvalue weighted by atomic mass is 10.0. The van der Waals surface area contributed by atoms with Crippen LogP contribution in [-0.2, 0) is 4.79 Å². The standard InChI is InChI=1S/C17H27N3O/c1-13(2)18-17(21)14(3)19-15-9-11-20(12-10-15)16-7-5-4-6-8-16/h4-8,13-15,19H,9-12H2,1-3H3,(H,18,21). The molecule has 4 heteroatoms. The third-order valence-corrected chi connectivity index (χ3v) is 3.93. The summed E-state index contributed by atoms with van der Waals surface area (Å²) in [6, 6.07) is 11.0. The molecule has 0 saturated carbocycles. The molecule has 0 radical (unpaired) electrons. The minimum atomic E-state index is -0.124. The summed E-state index contributed by atoms with van der Waals surface area (Å²) in [6.45, 7) is 8.01. The van der Waals surface area contributed by atoms with E-state index in [-0.39, 0.29) is 18.0 Å². The molecule has 21 heavy (non-hydrogen) atoms. The summed E-state index contributed by atoms with van der Waals surface area (Å²) < 4.78 is 0. The number of nitrogens with zero attached hydrogens (tertiary/aromatic N) is 1. The highest BCUT2D eigenvalue weighted by Gasteiger charge is 2.23. The van der Waals surface area contributed by atoms with Crippen LogP contribution in [0.1, 0.15) is 33.6 Å². The summed E-state index contributed by atoms with van der Waals surface area (Å²) in [7, 11) is 0. The topological polar surface area (TPSA) is 44.4 Å². The van der Waals surface area contributed by atoms with Crippen LogP contribution in [-0.4, -0.2) is 37.1 Å². The average molecular weight is 289 g/mol. The van der Waals surface area contributed by atoms with Crippen LogP contribution in [0.4, 0.5) is 5.69 Å². The van der Waals surface area contributed by atoms with Crippen LogP contribution in [0.5, 0.6) is 0 Å². The zero-order valence-corrected chi connectivity index (χ0v) is 13.3. The van der Waals surface area contributed by atoms with E-state index in [9.17, 15) is 4.79 Å². The highest BCUT2D eigenvalue weighted by molar-refractivity contribution is 5.81. The number of amides is 1. The summed E-state index contributed by atoms with van der Waals surface area (Å²) in [5.41, 5.74) is 1.29. The second-order valence-electron chi connectivity index (χ2n) is 6.15. The van der Waals surface area contributed by atoms with Gasteiger partial charge in [-0.2, -0.15) is 0 Å². The largest absolute Gasteiger partial charge is 0.371 e. The van der Waals surface area contributed by atoms with Crippen LogP contribution in [0.15, 0.2) is 30.3 Å². The number of carbonyl (C=O) groups excluding carboxylic acids is 1. The maximum atomic E-state index is 11.9. The molecule has 1 amide bonds. The Morgan fingerprint density at radius 2 is 1.76 bits per heavy atom. The van der Waals surface area contributed by atoms with Gasteiger partial charge in [0.2, 0.25) is 5.91 Å². The Morgan fingerprint density at radius 3 is 2.33 bits per heavy atom. The molecule has 1 aromatic rings. The molecule has 2 N–H and O–H groups in total. The molecule has 1 atom stereocenters. The summed E-state index contributed by atoms with van der Waals surface area (Å²) in [6.07, 6.45) is 2.16. The molecule has 0 bridgehead atoms. The van der Waals surface area contributed by atoms with Crippen LogP contribution in [0.2, 0.25) is 0 Å². The number of nitrogens with one attached hydrogen (secondary N) is 2. The Labute approximate surface area is 127 Å². The Balaban J connectivity index is 1.78. The Bertz CT molecular complexity index is 439. The molecule has 1 aliphatic heterocycles. The second kappa shape index (κ2) is 7.46. The fourth-order valence-electron chi connectivity index (χ4n) is 2.78. The van der Waals surface area contributed by atoms with Gasteiger partial charge in [-0.15, -0.1) is 0 Å². The Kier molecular flexibility index (Phi) is 5.62. The maximum Gasteiger partial charge on any atom is 0.237 e. The smallest absolute Gasteiger partial charge is 0.237 e.